The summed E-state index contributed by atoms with van der Waals surface area (Å²) in [6.45, 7) is 1.42. The monoisotopic (exact) mass is 348 g/mol. The van der Waals surface area contributed by atoms with E-state index in [0.29, 0.717) is 16.9 Å². The number of ether oxygens (including phenoxy) is 1. The van der Waals surface area contributed by atoms with Gasteiger partial charge in [-0.15, -0.1) is 0 Å². The number of nitrogens with one attached hydrogen (secondary N) is 2. The summed E-state index contributed by atoms with van der Waals surface area (Å²) in [6, 6.07) is 14.2. The van der Waals surface area contributed by atoms with E-state index in [0.717, 1.165) is 16.5 Å². The van der Waals surface area contributed by atoms with Crippen LogP contribution in [0.5, 0.6) is 0 Å². The molecule has 0 saturated heterocycles. The first-order chi connectivity index (χ1) is 12.5. The van der Waals surface area contributed by atoms with Crippen LogP contribution < -0.4 is 5.32 Å². The third-order valence-electron chi connectivity index (χ3n) is 4.58. The number of rotatable bonds is 4. The van der Waals surface area contributed by atoms with Gasteiger partial charge in [0.1, 0.15) is 5.69 Å². The van der Waals surface area contributed by atoms with Crippen LogP contribution in [0.2, 0.25) is 0 Å². The second-order valence-electron chi connectivity index (χ2n) is 6.28. The number of H-pyrrole nitrogens is 1. The number of aromatic amines is 1. The average Bonchev–Trinajstić information content (AvgIpc) is 3.20. The highest BCUT2D eigenvalue weighted by Crippen LogP contribution is 2.32. The average molecular weight is 348 g/mol. The van der Waals surface area contributed by atoms with Crippen molar-refractivity contribution in [2.75, 3.05) is 11.9 Å². The summed E-state index contributed by atoms with van der Waals surface area (Å²) in [4.78, 5) is 39.2. The van der Waals surface area contributed by atoms with Crippen molar-refractivity contribution >= 4 is 34.3 Å². The van der Waals surface area contributed by atoms with Gasteiger partial charge in [-0.1, -0.05) is 18.2 Å². The summed E-state index contributed by atoms with van der Waals surface area (Å²) in [5.41, 5.74) is 3.04. The molecule has 1 aliphatic heterocycles. The highest BCUT2D eigenvalue weighted by molar-refractivity contribution is 6.05. The minimum Gasteiger partial charge on any atom is -0.453 e. The first-order valence-electron chi connectivity index (χ1n) is 8.26. The summed E-state index contributed by atoms with van der Waals surface area (Å²) in [5.74, 6) is -1.29. The van der Waals surface area contributed by atoms with Crippen molar-refractivity contribution in [1.29, 1.82) is 0 Å². The lowest BCUT2D eigenvalue weighted by molar-refractivity contribution is -0.116. The van der Waals surface area contributed by atoms with Crippen LogP contribution in [-0.4, -0.2) is 29.3 Å². The maximum Gasteiger partial charge on any atom is 0.355 e. The lowest BCUT2D eigenvalue weighted by Gasteiger charge is -2.06. The molecule has 3 aromatic rings. The van der Waals surface area contributed by atoms with Crippen LogP contribution in [0.1, 0.15) is 39.3 Å². The number of benzene rings is 2. The summed E-state index contributed by atoms with van der Waals surface area (Å²) < 4.78 is 5.14. The van der Waals surface area contributed by atoms with E-state index in [-0.39, 0.29) is 24.2 Å². The molecule has 0 spiro atoms. The summed E-state index contributed by atoms with van der Waals surface area (Å²) in [6.07, 6.45) is 0. The van der Waals surface area contributed by atoms with Crippen LogP contribution in [0.3, 0.4) is 0 Å². The van der Waals surface area contributed by atoms with E-state index in [1.54, 1.807) is 31.2 Å². The van der Waals surface area contributed by atoms with E-state index in [1.165, 1.54) is 0 Å². The third-order valence-corrected chi connectivity index (χ3v) is 4.58. The number of hydrogen-bond acceptors (Lipinski definition) is 4. The Kier molecular flexibility index (Phi) is 3.80. The van der Waals surface area contributed by atoms with Gasteiger partial charge in [0.25, 0.3) is 0 Å². The van der Waals surface area contributed by atoms with Crippen molar-refractivity contribution in [2.24, 2.45) is 0 Å². The number of hydrogen-bond donors (Lipinski definition) is 2. The smallest absolute Gasteiger partial charge is 0.355 e. The van der Waals surface area contributed by atoms with Crippen LogP contribution in [-0.2, 0) is 9.53 Å². The molecule has 2 N–H and O–H groups in total. The number of ketones is 1. The van der Waals surface area contributed by atoms with Gasteiger partial charge in [0.15, 0.2) is 12.4 Å². The predicted octanol–water partition coefficient (Wildman–Crippen LogP) is 3.26. The minimum absolute atomic E-state index is 0.0881. The van der Waals surface area contributed by atoms with Gasteiger partial charge in [-0.3, -0.25) is 9.59 Å². The molecule has 0 fully saturated rings. The van der Waals surface area contributed by atoms with Gasteiger partial charge in [0.2, 0.25) is 5.91 Å². The molecule has 1 aliphatic rings. The molecule has 0 unspecified atom stereocenters. The first kappa shape index (κ1) is 16.1. The Hall–Kier alpha value is -3.41. The van der Waals surface area contributed by atoms with Gasteiger partial charge in [-0.25, -0.2) is 4.79 Å². The molecule has 4 rings (SSSR count). The van der Waals surface area contributed by atoms with Gasteiger partial charge in [0, 0.05) is 22.2 Å². The number of carbonyl (C=O) groups excluding carboxylic acids is 3. The number of carbonyl (C=O) groups is 3. The molecular formula is C20H16N2O4. The molecule has 0 aliphatic carbocycles. The van der Waals surface area contributed by atoms with Crippen molar-refractivity contribution in [3.05, 3.63) is 65.4 Å². The fraction of sp³-hybridized carbons (Fsp3) is 0.150. The number of amides is 1. The van der Waals surface area contributed by atoms with Gasteiger partial charge < -0.3 is 15.0 Å². The zero-order chi connectivity index (χ0) is 18.3. The van der Waals surface area contributed by atoms with E-state index in [4.69, 9.17) is 4.74 Å². The quantitative estimate of drug-likeness (QED) is 0.559. The fourth-order valence-electron chi connectivity index (χ4n) is 3.07. The van der Waals surface area contributed by atoms with Crippen LogP contribution >= 0.6 is 0 Å². The van der Waals surface area contributed by atoms with Crippen molar-refractivity contribution in [3.63, 3.8) is 0 Å². The van der Waals surface area contributed by atoms with E-state index < -0.39 is 5.97 Å². The Bertz CT molecular complexity index is 1020. The number of para-hydroxylation sites is 1. The second-order valence-corrected chi connectivity index (χ2v) is 6.28. The molecule has 2 aromatic carbocycles. The van der Waals surface area contributed by atoms with E-state index in [9.17, 15) is 14.4 Å². The number of fused-ring (bicyclic) bond motifs is 2. The minimum atomic E-state index is -0.582. The Labute approximate surface area is 149 Å². The number of esters is 1. The van der Waals surface area contributed by atoms with Crippen LogP contribution in [0.15, 0.2) is 48.5 Å². The van der Waals surface area contributed by atoms with Crippen molar-refractivity contribution in [3.8, 4) is 0 Å². The van der Waals surface area contributed by atoms with Gasteiger partial charge in [-0.2, -0.15) is 0 Å². The fourth-order valence-corrected chi connectivity index (χ4v) is 3.07. The standard InChI is InChI=1S/C20H16N2O4/c1-11-14-8-13(6-7-16(14)22-19(11)24)18(23)10-26-20(25)17-9-12-4-2-3-5-15(12)21-17/h2-9,11,21H,10H2,1H3,(H,22,24)/t11-/m0/s1. The van der Waals surface area contributed by atoms with E-state index in [2.05, 4.69) is 10.3 Å². The Morgan fingerprint density at radius 3 is 2.73 bits per heavy atom. The highest BCUT2D eigenvalue weighted by Gasteiger charge is 2.27. The van der Waals surface area contributed by atoms with Gasteiger partial charge in [-0.05, 0) is 42.8 Å². The second kappa shape index (κ2) is 6.15. The summed E-state index contributed by atoms with van der Waals surface area (Å²) in [7, 11) is 0. The molecule has 1 amide bonds. The Morgan fingerprint density at radius 1 is 1.12 bits per heavy atom. The van der Waals surface area contributed by atoms with Crippen LogP contribution in [0, 0.1) is 0 Å². The number of aromatic nitrogens is 1. The summed E-state index contributed by atoms with van der Waals surface area (Å²) >= 11 is 0. The SMILES string of the molecule is C[C@@H]1C(=O)Nc2ccc(C(=O)COC(=O)c3cc4ccccc4[nH]3)cc21. The Balaban J connectivity index is 1.45. The zero-order valence-corrected chi connectivity index (χ0v) is 14.0. The molecule has 6 nitrogen and oxygen atoms in total. The van der Waals surface area contributed by atoms with E-state index >= 15 is 0 Å². The molecule has 0 saturated carbocycles. The maximum atomic E-state index is 12.3. The summed E-state index contributed by atoms with van der Waals surface area (Å²) in [5, 5.41) is 3.66. The molecular weight excluding hydrogens is 332 g/mol. The maximum absolute atomic E-state index is 12.3. The number of Topliss-reactive ketones (excluding diaryl/α,β-unsaturated/α-hetero) is 1. The van der Waals surface area contributed by atoms with Crippen LogP contribution in [0.4, 0.5) is 5.69 Å². The molecule has 1 aromatic heterocycles. The normalized spacial score (nSPS) is 15.6. The van der Waals surface area contributed by atoms with Crippen molar-refractivity contribution < 1.29 is 19.1 Å². The molecule has 2 heterocycles. The lowest BCUT2D eigenvalue weighted by atomic mass is 9.99. The molecule has 6 heteroatoms. The molecule has 130 valence electrons. The van der Waals surface area contributed by atoms with E-state index in [1.807, 2.05) is 24.3 Å². The topological polar surface area (TPSA) is 88.3 Å². The molecule has 1 atom stereocenters. The predicted molar refractivity (Wildman–Crippen MR) is 96.4 cm³/mol. The first-order valence-corrected chi connectivity index (χ1v) is 8.26. The largest absolute Gasteiger partial charge is 0.453 e. The van der Waals surface area contributed by atoms with Crippen LogP contribution in [0.25, 0.3) is 10.9 Å². The lowest BCUT2D eigenvalue weighted by Crippen LogP contribution is -2.14. The molecule has 0 radical (unpaired) electrons. The van der Waals surface area contributed by atoms with Gasteiger partial charge >= 0.3 is 5.97 Å². The highest BCUT2D eigenvalue weighted by atomic mass is 16.5. The third kappa shape index (κ3) is 2.75. The molecule has 26 heavy (non-hydrogen) atoms. The number of anilines is 1. The van der Waals surface area contributed by atoms with Gasteiger partial charge in [0.05, 0.1) is 5.92 Å². The Morgan fingerprint density at radius 2 is 1.92 bits per heavy atom. The van der Waals surface area contributed by atoms with Crippen molar-refractivity contribution in [1.82, 2.24) is 4.98 Å². The molecule has 0 bridgehead atoms. The van der Waals surface area contributed by atoms with Crippen molar-refractivity contribution in [2.45, 2.75) is 12.8 Å². The zero-order valence-electron chi connectivity index (χ0n) is 14.0.